The van der Waals surface area contributed by atoms with Crippen LogP contribution >= 0.6 is 0 Å². The summed E-state index contributed by atoms with van der Waals surface area (Å²) in [6.45, 7) is 0.322. The van der Waals surface area contributed by atoms with Gasteiger partial charge in [0.2, 0.25) is 0 Å². The van der Waals surface area contributed by atoms with E-state index in [4.69, 9.17) is 10.5 Å². The molecule has 25 heavy (non-hydrogen) atoms. The largest absolute Gasteiger partial charge is 0.337 e. The fourth-order valence-electron chi connectivity index (χ4n) is 2.29. The molecule has 9 heteroatoms. The molecule has 126 valence electrons. The molecule has 0 aliphatic heterocycles. The Hall–Kier alpha value is -3.72. The van der Waals surface area contributed by atoms with Crippen molar-refractivity contribution in [3.8, 4) is 17.8 Å². The summed E-state index contributed by atoms with van der Waals surface area (Å²) in [7, 11) is 0. The first-order valence-corrected chi connectivity index (χ1v) is 7.38. The third-order valence-corrected chi connectivity index (χ3v) is 3.48. The molecule has 0 unspecified atom stereocenters. The molecule has 0 saturated heterocycles. The average Bonchev–Trinajstić information content (AvgIpc) is 3.15. The number of imidazole rings is 1. The zero-order chi connectivity index (χ0) is 18.2. The van der Waals surface area contributed by atoms with Gasteiger partial charge in [0.05, 0.1) is 36.2 Å². The van der Waals surface area contributed by atoms with Gasteiger partial charge >= 0.3 is 0 Å². The Labute approximate surface area is 143 Å². The van der Waals surface area contributed by atoms with Gasteiger partial charge in [0, 0.05) is 37.1 Å². The molecule has 0 N–H and O–H groups in total. The molecule has 0 bridgehead atoms. The number of nitrogens with zero attached hydrogens (tertiary/aromatic N) is 6. The number of nitro groups is 1. The number of amides is 1. The summed E-state index contributed by atoms with van der Waals surface area (Å²) < 4.78 is 1.48. The molecule has 0 radical (unpaired) electrons. The highest BCUT2D eigenvalue weighted by atomic mass is 16.6. The number of benzene rings is 1. The summed E-state index contributed by atoms with van der Waals surface area (Å²) in [5, 5.41) is 28.8. The van der Waals surface area contributed by atoms with Crippen LogP contribution in [0.15, 0.2) is 36.9 Å². The van der Waals surface area contributed by atoms with Gasteiger partial charge in [-0.2, -0.15) is 10.5 Å². The molecule has 1 aromatic heterocycles. The van der Waals surface area contributed by atoms with Crippen molar-refractivity contribution in [3.63, 3.8) is 0 Å². The normalized spacial score (nSPS) is 9.84. The number of hydrogen-bond donors (Lipinski definition) is 0. The predicted molar refractivity (Wildman–Crippen MR) is 86.6 cm³/mol. The molecule has 0 aliphatic rings. The predicted octanol–water partition coefficient (Wildman–Crippen LogP) is 2.05. The SMILES string of the molecule is N#CCCN(CCC#N)C(=O)c1ccc(-n2ccnc2)c([N+](=O)[O-])c1. The van der Waals surface area contributed by atoms with Gasteiger partial charge in [-0.1, -0.05) is 0 Å². The van der Waals surface area contributed by atoms with Crippen molar-refractivity contribution < 1.29 is 9.72 Å². The zero-order valence-electron chi connectivity index (χ0n) is 13.2. The van der Waals surface area contributed by atoms with Gasteiger partial charge in [-0.05, 0) is 12.1 Å². The second-order valence-electron chi connectivity index (χ2n) is 5.04. The van der Waals surface area contributed by atoms with Crippen LogP contribution in [0.25, 0.3) is 5.69 Å². The van der Waals surface area contributed by atoms with Crippen LogP contribution in [0.4, 0.5) is 5.69 Å². The second kappa shape index (κ2) is 8.22. The Morgan fingerprint density at radius 1 is 1.28 bits per heavy atom. The van der Waals surface area contributed by atoms with Crippen LogP contribution < -0.4 is 0 Å². The number of nitro benzene ring substituents is 1. The molecule has 0 aliphatic carbocycles. The monoisotopic (exact) mass is 338 g/mol. The van der Waals surface area contributed by atoms with Gasteiger partial charge in [0.15, 0.2) is 0 Å². The minimum Gasteiger partial charge on any atom is -0.337 e. The van der Waals surface area contributed by atoms with Gasteiger partial charge in [-0.25, -0.2) is 4.98 Å². The summed E-state index contributed by atoms with van der Waals surface area (Å²) in [6.07, 6.45) is 4.72. The Morgan fingerprint density at radius 3 is 2.48 bits per heavy atom. The molecule has 1 heterocycles. The Kier molecular flexibility index (Phi) is 5.80. The first-order chi connectivity index (χ1) is 12.1. The van der Waals surface area contributed by atoms with Crippen molar-refractivity contribution in [3.05, 3.63) is 52.6 Å². The fourth-order valence-corrected chi connectivity index (χ4v) is 2.29. The smallest absolute Gasteiger partial charge is 0.294 e. The van der Waals surface area contributed by atoms with Crippen LogP contribution in [0.3, 0.4) is 0 Å². The van der Waals surface area contributed by atoms with Gasteiger partial charge in [0.25, 0.3) is 11.6 Å². The molecule has 0 spiro atoms. The van der Waals surface area contributed by atoms with E-state index in [-0.39, 0.29) is 37.2 Å². The summed E-state index contributed by atoms with van der Waals surface area (Å²) in [6, 6.07) is 8.04. The Bertz CT molecular complexity index is 830. The van der Waals surface area contributed by atoms with E-state index in [9.17, 15) is 14.9 Å². The first-order valence-electron chi connectivity index (χ1n) is 7.38. The number of nitriles is 2. The maximum Gasteiger partial charge on any atom is 0.294 e. The van der Waals surface area contributed by atoms with E-state index in [2.05, 4.69) is 4.98 Å². The summed E-state index contributed by atoms with van der Waals surface area (Å²) in [5.74, 6) is -0.453. The van der Waals surface area contributed by atoms with Crippen molar-refractivity contribution in [2.75, 3.05) is 13.1 Å². The van der Waals surface area contributed by atoms with E-state index >= 15 is 0 Å². The maximum absolute atomic E-state index is 12.6. The molecular weight excluding hydrogens is 324 g/mol. The van der Waals surface area contributed by atoms with Crippen LogP contribution in [0.5, 0.6) is 0 Å². The molecule has 2 rings (SSSR count). The molecule has 2 aromatic rings. The molecule has 1 aromatic carbocycles. The number of hydrogen-bond acceptors (Lipinski definition) is 6. The zero-order valence-corrected chi connectivity index (χ0v) is 13.2. The number of carbonyl (C=O) groups excluding carboxylic acids is 1. The van der Waals surface area contributed by atoms with Crippen LogP contribution in [-0.2, 0) is 0 Å². The lowest BCUT2D eigenvalue weighted by Gasteiger charge is -2.20. The van der Waals surface area contributed by atoms with E-state index in [0.29, 0.717) is 5.69 Å². The van der Waals surface area contributed by atoms with Crippen molar-refractivity contribution in [1.29, 1.82) is 10.5 Å². The van der Waals surface area contributed by atoms with Gasteiger partial charge in [-0.15, -0.1) is 0 Å². The van der Waals surface area contributed by atoms with Crippen molar-refractivity contribution >= 4 is 11.6 Å². The topological polar surface area (TPSA) is 129 Å². The molecule has 9 nitrogen and oxygen atoms in total. The lowest BCUT2D eigenvalue weighted by atomic mass is 10.1. The van der Waals surface area contributed by atoms with E-state index in [1.54, 1.807) is 6.20 Å². The lowest BCUT2D eigenvalue weighted by Crippen LogP contribution is -2.32. The van der Waals surface area contributed by atoms with Crippen LogP contribution in [-0.4, -0.2) is 38.4 Å². The Balaban J connectivity index is 2.36. The molecule has 0 atom stereocenters. The molecule has 0 fully saturated rings. The average molecular weight is 338 g/mol. The number of rotatable bonds is 7. The van der Waals surface area contributed by atoms with Crippen molar-refractivity contribution in [1.82, 2.24) is 14.5 Å². The van der Waals surface area contributed by atoms with E-state index < -0.39 is 10.8 Å². The Morgan fingerprint density at radius 2 is 1.96 bits per heavy atom. The van der Waals surface area contributed by atoms with Crippen LogP contribution in [0, 0.1) is 32.8 Å². The number of aromatic nitrogens is 2. The highest BCUT2D eigenvalue weighted by Gasteiger charge is 2.21. The summed E-state index contributed by atoms with van der Waals surface area (Å²) >= 11 is 0. The molecule has 0 saturated carbocycles. The lowest BCUT2D eigenvalue weighted by molar-refractivity contribution is -0.384. The molecule has 1 amide bonds. The minimum absolute atomic E-state index is 0.117. The standard InChI is InChI=1S/C16H14N6O3/c17-5-1-8-20(9-2-6-18)16(23)13-3-4-14(15(11-13)22(24)25)21-10-7-19-12-21/h3-4,7,10-12H,1-2,8-9H2. The van der Waals surface area contributed by atoms with E-state index in [0.717, 1.165) is 0 Å². The van der Waals surface area contributed by atoms with E-state index in [1.807, 2.05) is 12.1 Å². The second-order valence-corrected chi connectivity index (χ2v) is 5.04. The molecular formula is C16H14N6O3. The van der Waals surface area contributed by atoms with E-state index in [1.165, 1.54) is 40.2 Å². The third-order valence-electron chi connectivity index (χ3n) is 3.48. The maximum atomic E-state index is 12.6. The van der Waals surface area contributed by atoms with Crippen molar-refractivity contribution in [2.45, 2.75) is 12.8 Å². The van der Waals surface area contributed by atoms with Gasteiger partial charge in [-0.3, -0.25) is 14.9 Å². The van der Waals surface area contributed by atoms with Crippen molar-refractivity contribution in [2.24, 2.45) is 0 Å². The quantitative estimate of drug-likeness (QED) is 0.561. The third kappa shape index (κ3) is 4.18. The van der Waals surface area contributed by atoms with Gasteiger partial charge < -0.3 is 9.47 Å². The number of carbonyl (C=O) groups is 1. The summed E-state index contributed by atoms with van der Waals surface area (Å²) in [5.41, 5.74) is 0.190. The fraction of sp³-hybridized carbons (Fsp3) is 0.250. The minimum atomic E-state index is -0.568. The summed E-state index contributed by atoms with van der Waals surface area (Å²) in [4.78, 5) is 28.6. The van der Waals surface area contributed by atoms with Crippen LogP contribution in [0.1, 0.15) is 23.2 Å². The highest BCUT2D eigenvalue weighted by Crippen LogP contribution is 2.25. The van der Waals surface area contributed by atoms with Gasteiger partial charge in [0.1, 0.15) is 5.69 Å². The highest BCUT2D eigenvalue weighted by molar-refractivity contribution is 5.95. The van der Waals surface area contributed by atoms with Crippen LogP contribution in [0.2, 0.25) is 0 Å². The first kappa shape index (κ1) is 17.6.